The first-order chi connectivity index (χ1) is 11.3. The van der Waals surface area contributed by atoms with E-state index in [1.54, 1.807) is 0 Å². The smallest absolute Gasteiger partial charge is 0.309 e. The molecular weight excluding hydrogens is 320 g/mol. The van der Waals surface area contributed by atoms with Crippen molar-refractivity contribution in [3.8, 4) is 0 Å². The van der Waals surface area contributed by atoms with Crippen LogP contribution in [0.25, 0.3) is 0 Å². The quantitative estimate of drug-likeness (QED) is 0.713. The van der Waals surface area contributed by atoms with Gasteiger partial charge in [0, 0.05) is 10.8 Å². The number of hydrogen-bond acceptors (Lipinski definition) is 5. The highest BCUT2D eigenvalue weighted by molar-refractivity contribution is 5.75. The molecule has 0 unspecified atom stereocenters. The molecule has 5 nitrogen and oxygen atoms in total. The van der Waals surface area contributed by atoms with Gasteiger partial charge in [0.05, 0.1) is 24.0 Å². The summed E-state index contributed by atoms with van der Waals surface area (Å²) in [6, 6.07) is 0. The van der Waals surface area contributed by atoms with Crippen LogP contribution in [-0.2, 0) is 23.8 Å². The molecular formula is C20H30O5. The van der Waals surface area contributed by atoms with Crippen molar-refractivity contribution in [2.45, 2.75) is 102 Å². The Bertz CT molecular complexity index is 611. The summed E-state index contributed by atoms with van der Waals surface area (Å²) in [5.74, 6) is -0.375. The number of carbonyl (C=O) groups excluding carboxylic acids is 2. The lowest BCUT2D eigenvalue weighted by atomic mass is 9.64. The standard InChI is InChI=1S/C20H30O5/c1-15(2)17(5)7-9-19(15,11-13(21)23-17)25-20-10-8-18(6,16(20,3)4)24-14(22)12-20/h7-12H2,1-6H3/t17-,18-,19+,20+/m1/s1. The Hall–Kier alpha value is -1.10. The van der Waals surface area contributed by atoms with Gasteiger partial charge >= 0.3 is 11.9 Å². The lowest BCUT2D eigenvalue weighted by Gasteiger charge is -2.58. The summed E-state index contributed by atoms with van der Waals surface area (Å²) in [6.07, 6.45) is 3.68. The Morgan fingerprint density at radius 2 is 1.04 bits per heavy atom. The molecule has 4 fully saturated rings. The Kier molecular flexibility index (Phi) is 3.06. The minimum absolute atomic E-state index is 0.187. The van der Waals surface area contributed by atoms with Crippen molar-refractivity contribution in [3.63, 3.8) is 0 Å². The fraction of sp³-hybridized carbons (Fsp3) is 0.900. The minimum atomic E-state index is -0.586. The second-order valence-corrected chi connectivity index (χ2v) is 10.1. The van der Waals surface area contributed by atoms with Crippen molar-refractivity contribution in [1.29, 1.82) is 0 Å². The Morgan fingerprint density at radius 1 is 0.680 bits per heavy atom. The SMILES string of the molecule is CC1(C)[C@]2(O[C@@]34CC[C@@](C)(OC(=O)C3)C4(C)C)CC[C@@]1(C)OC(=O)C2. The molecule has 4 rings (SSSR count). The van der Waals surface area contributed by atoms with Gasteiger partial charge in [-0.25, -0.2) is 0 Å². The molecule has 2 heterocycles. The Morgan fingerprint density at radius 3 is 1.40 bits per heavy atom. The summed E-state index contributed by atoms with van der Waals surface area (Å²) in [7, 11) is 0. The molecule has 0 radical (unpaired) electrons. The van der Waals surface area contributed by atoms with Crippen LogP contribution in [-0.4, -0.2) is 34.3 Å². The van der Waals surface area contributed by atoms with Gasteiger partial charge in [0.15, 0.2) is 0 Å². The summed E-state index contributed by atoms with van der Waals surface area (Å²) < 4.78 is 18.5. The summed E-state index contributed by atoms with van der Waals surface area (Å²) in [4.78, 5) is 24.7. The maximum absolute atomic E-state index is 12.4. The average Bonchev–Trinajstić information content (AvgIpc) is 2.66. The van der Waals surface area contributed by atoms with Gasteiger partial charge in [-0.1, -0.05) is 27.7 Å². The molecule has 2 saturated carbocycles. The molecule has 0 aromatic rings. The first kappa shape index (κ1) is 17.3. The normalized spacial score (nSPS) is 49.7. The van der Waals surface area contributed by atoms with Crippen LogP contribution >= 0.6 is 0 Å². The van der Waals surface area contributed by atoms with Crippen LogP contribution in [0.2, 0.25) is 0 Å². The number of ether oxygens (including phenoxy) is 3. The largest absolute Gasteiger partial charge is 0.459 e. The summed E-state index contributed by atoms with van der Waals surface area (Å²) >= 11 is 0. The first-order valence-corrected chi connectivity index (χ1v) is 9.46. The van der Waals surface area contributed by atoms with Gasteiger partial charge in [0.2, 0.25) is 0 Å². The predicted molar refractivity (Wildman–Crippen MR) is 90.8 cm³/mol. The maximum atomic E-state index is 12.4. The van der Waals surface area contributed by atoms with Crippen molar-refractivity contribution in [1.82, 2.24) is 0 Å². The molecule has 4 bridgehead atoms. The van der Waals surface area contributed by atoms with Crippen molar-refractivity contribution >= 4 is 11.9 Å². The van der Waals surface area contributed by atoms with Crippen molar-refractivity contribution < 1.29 is 23.8 Å². The lowest BCUT2D eigenvalue weighted by Crippen LogP contribution is -2.66. The summed E-state index contributed by atoms with van der Waals surface area (Å²) in [5, 5.41) is 0. The van der Waals surface area contributed by atoms with Crippen LogP contribution in [0.15, 0.2) is 0 Å². The van der Waals surface area contributed by atoms with Crippen LogP contribution in [0.3, 0.4) is 0 Å². The van der Waals surface area contributed by atoms with E-state index in [0.29, 0.717) is 0 Å². The first-order valence-electron chi connectivity index (χ1n) is 9.46. The van der Waals surface area contributed by atoms with E-state index in [1.807, 2.05) is 13.8 Å². The number of esters is 2. The van der Waals surface area contributed by atoms with E-state index in [4.69, 9.17) is 14.2 Å². The molecule has 0 amide bonds. The van der Waals surface area contributed by atoms with E-state index in [2.05, 4.69) is 27.7 Å². The van der Waals surface area contributed by atoms with E-state index >= 15 is 0 Å². The minimum Gasteiger partial charge on any atom is -0.459 e. The zero-order chi connectivity index (χ0) is 18.5. The van der Waals surface area contributed by atoms with Gasteiger partial charge in [-0.15, -0.1) is 0 Å². The molecule has 0 N–H and O–H groups in total. The van der Waals surface area contributed by atoms with Crippen molar-refractivity contribution in [3.05, 3.63) is 0 Å². The van der Waals surface area contributed by atoms with E-state index in [-0.39, 0.29) is 35.6 Å². The number of hydrogen-bond donors (Lipinski definition) is 0. The molecule has 4 aliphatic rings. The van der Waals surface area contributed by atoms with Gasteiger partial charge in [0.25, 0.3) is 0 Å². The highest BCUT2D eigenvalue weighted by Gasteiger charge is 2.74. The monoisotopic (exact) mass is 350 g/mol. The van der Waals surface area contributed by atoms with Crippen LogP contribution in [0, 0.1) is 10.8 Å². The van der Waals surface area contributed by atoms with Gasteiger partial charge in [-0.2, -0.15) is 0 Å². The van der Waals surface area contributed by atoms with Crippen LogP contribution in [0.4, 0.5) is 0 Å². The summed E-state index contributed by atoms with van der Waals surface area (Å²) in [5.41, 5.74) is -2.81. The second kappa shape index (κ2) is 4.41. The average molecular weight is 350 g/mol. The van der Waals surface area contributed by atoms with E-state index < -0.39 is 22.4 Å². The highest BCUT2D eigenvalue weighted by Crippen LogP contribution is 2.67. The predicted octanol–water partition coefficient (Wildman–Crippen LogP) is 3.53. The number of fused-ring (bicyclic) bond motifs is 4. The number of carbonyl (C=O) groups is 2. The molecule has 4 atom stereocenters. The maximum Gasteiger partial charge on any atom is 0.309 e. The third-order valence-corrected chi connectivity index (χ3v) is 8.86. The molecule has 2 aliphatic heterocycles. The van der Waals surface area contributed by atoms with Crippen LogP contribution in [0.1, 0.15) is 80.1 Å². The molecule has 0 aromatic heterocycles. The molecule has 5 heteroatoms. The van der Waals surface area contributed by atoms with Crippen LogP contribution < -0.4 is 0 Å². The molecule has 2 saturated heterocycles. The van der Waals surface area contributed by atoms with Gasteiger partial charge < -0.3 is 14.2 Å². The van der Waals surface area contributed by atoms with Gasteiger partial charge in [0.1, 0.15) is 11.2 Å². The topological polar surface area (TPSA) is 61.8 Å². The highest BCUT2D eigenvalue weighted by atomic mass is 16.6. The Labute approximate surface area is 149 Å². The molecule has 0 aromatic carbocycles. The second-order valence-electron chi connectivity index (χ2n) is 10.1. The third kappa shape index (κ3) is 1.78. The molecule has 0 spiro atoms. The van der Waals surface area contributed by atoms with E-state index in [0.717, 1.165) is 25.7 Å². The van der Waals surface area contributed by atoms with Crippen molar-refractivity contribution in [2.75, 3.05) is 0 Å². The third-order valence-electron chi connectivity index (χ3n) is 8.86. The van der Waals surface area contributed by atoms with E-state index in [1.165, 1.54) is 0 Å². The lowest BCUT2D eigenvalue weighted by molar-refractivity contribution is -0.289. The van der Waals surface area contributed by atoms with Crippen LogP contribution in [0.5, 0.6) is 0 Å². The zero-order valence-corrected chi connectivity index (χ0v) is 16.3. The molecule has 140 valence electrons. The fourth-order valence-electron chi connectivity index (χ4n) is 5.91. The van der Waals surface area contributed by atoms with Gasteiger partial charge in [-0.3, -0.25) is 9.59 Å². The molecule has 2 aliphatic carbocycles. The zero-order valence-electron chi connectivity index (χ0n) is 16.3. The summed E-state index contributed by atoms with van der Waals surface area (Å²) in [6.45, 7) is 12.6. The Balaban J connectivity index is 1.79. The van der Waals surface area contributed by atoms with Gasteiger partial charge in [-0.05, 0) is 39.5 Å². The van der Waals surface area contributed by atoms with E-state index in [9.17, 15) is 9.59 Å². The fourth-order valence-corrected chi connectivity index (χ4v) is 5.91. The number of rotatable bonds is 2. The molecule has 25 heavy (non-hydrogen) atoms. The van der Waals surface area contributed by atoms with Crippen molar-refractivity contribution in [2.24, 2.45) is 10.8 Å².